The standard InChI is InChI=1S/C17H20N2O3/c1-12-4-6-19(7-5-12)17(20)14(10-18)8-13-2-3-15-16(9-13)22-11-21-15/h2-3,9,12,14H,4-8,11H2,1H3. The van der Waals surface area contributed by atoms with E-state index < -0.39 is 5.92 Å². The monoisotopic (exact) mass is 300 g/mol. The number of carbonyl (C=O) groups excluding carboxylic acids is 1. The van der Waals surface area contributed by atoms with E-state index in [1.165, 1.54) is 0 Å². The highest BCUT2D eigenvalue weighted by Crippen LogP contribution is 2.33. The maximum atomic E-state index is 12.5. The molecule has 1 unspecified atom stereocenters. The number of hydrogen-bond donors (Lipinski definition) is 0. The van der Waals surface area contributed by atoms with E-state index in [9.17, 15) is 10.1 Å². The molecule has 1 fully saturated rings. The van der Waals surface area contributed by atoms with Gasteiger partial charge >= 0.3 is 0 Å². The van der Waals surface area contributed by atoms with Crippen LogP contribution in [0.2, 0.25) is 0 Å². The number of rotatable bonds is 3. The summed E-state index contributed by atoms with van der Waals surface area (Å²) in [7, 11) is 0. The number of nitriles is 1. The highest BCUT2D eigenvalue weighted by molar-refractivity contribution is 5.81. The molecule has 0 radical (unpaired) electrons. The first-order valence-electron chi connectivity index (χ1n) is 7.74. The van der Waals surface area contributed by atoms with Crippen LogP contribution in [0, 0.1) is 23.2 Å². The van der Waals surface area contributed by atoms with Crippen LogP contribution < -0.4 is 9.47 Å². The molecule has 1 amide bonds. The van der Waals surface area contributed by atoms with E-state index in [0.717, 1.165) is 31.5 Å². The van der Waals surface area contributed by atoms with Gasteiger partial charge in [0.1, 0.15) is 5.92 Å². The van der Waals surface area contributed by atoms with E-state index in [2.05, 4.69) is 13.0 Å². The molecule has 1 aromatic rings. The lowest BCUT2D eigenvalue weighted by molar-refractivity contribution is -0.135. The second-order valence-electron chi connectivity index (χ2n) is 6.08. The quantitative estimate of drug-likeness (QED) is 0.859. The van der Waals surface area contributed by atoms with Crippen LogP contribution in [0.15, 0.2) is 18.2 Å². The first-order valence-corrected chi connectivity index (χ1v) is 7.74. The molecule has 0 N–H and O–H groups in total. The average molecular weight is 300 g/mol. The summed E-state index contributed by atoms with van der Waals surface area (Å²) < 4.78 is 10.6. The van der Waals surface area contributed by atoms with Gasteiger partial charge in [-0.2, -0.15) is 5.26 Å². The number of piperidine rings is 1. The van der Waals surface area contributed by atoms with Gasteiger partial charge in [0.15, 0.2) is 11.5 Å². The third-order valence-corrected chi connectivity index (χ3v) is 4.43. The second-order valence-corrected chi connectivity index (χ2v) is 6.08. The molecule has 1 aromatic carbocycles. The minimum Gasteiger partial charge on any atom is -0.454 e. The van der Waals surface area contributed by atoms with Gasteiger partial charge in [0.2, 0.25) is 12.7 Å². The van der Waals surface area contributed by atoms with Crippen LogP contribution in [0.25, 0.3) is 0 Å². The lowest BCUT2D eigenvalue weighted by Crippen LogP contribution is -2.41. The summed E-state index contributed by atoms with van der Waals surface area (Å²) in [5, 5.41) is 9.38. The molecule has 5 nitrogen and oxygen atoms in total. The molecule has 0 aromatic heterocycles. The average Bonchev–Trinajstić information content (AvgIpc) is 3.00. The van der Waals surface area contributed by atoms with Gasteiger partial charge in [-0.3, -0.25) is 4.79 Å². The van der Waals surface area contributed by atoms with Gasteiger partial charge in [0.05, 0.1) is 6.07 Å². The van der Waals surface area contributed by atoms with E-state index in [4.69, 9.17) is 9.47 Å². The van der Waals surface area contributed by atoms with Crippen LogP contribution in [-0.4, -0.2) is 30.7 Å². The SMILES string of the molecule is CC1CCN(C(=O)C(C#N)Cc2ccc3c(c2)OCO3)CC1. The van der Waals surface area contributed by atoms with Crippen molar-refractivity contribution in [3.63, 3.8) is 0 Å². The molecule has 2 heterocycles. The van der Waals surface area contributed by atoms with Crippen molar-refractivity contribution in [1.29, 1.82) is 5.26 Å². The Morgan fingerprint density at radius 1 is 1.36 bits per heavy atom. The van der Waals surface area contributed by atoms with E-state index in [0.29, 0.717) is 23.8 Å². The fraction of sp³-hybridized carbons (Fsp3) is 0.529. The first kappa shape index (κ1) is 14.7. The zero-order valence-corrected chi connectivity index (χ0v) is 12.7. The van der Waals surface area contributed by atoms with Gasteiger partial charge in [-0.1, -0.05) is 13.0 Å². The molecule has 3 rings (SSSR count). The lowest BCUT2D eigenvalue weighted by atomic mass is 9.95. The van der Waals surface area contributed by atoms with Crippen molar-refractivity contribution in [3.05, 3.63) is 23.8 Å². The number of likely N-dealkylation sites (tertiary alicyclic amines) is 1. The molecule has 0 bridgehead atoms. The van der Waals surface area contributed by atoms with Gasteiger partial charge in [0, 0.05) is 13.1 Å². The van der Waals surface area contributed by atoms with Crippen LogP contribution in [0.3, 0.4) is 0 Å². The number of carbonyl (C=O) groups is 1. The Hall–Kier alpha value is -2.22. The molecule has 2 aliphatic heterocycles. The first-order chi connectivity index (χ1) is 10.7. The number of benzene rings is 1. The zero-order valence-electron chi connectivity index (χ0n) is 12.7. The Bertz CT molecular complexity index is 600. The minimum atomic E-state index is -0.631. The second kappa shape index (κ2) is 6.27. The van der Waals surface area contributed by atoms with Gasteiger partial charge < -0.3 is 14.4 Å². The molecule has 22 heavy (non-hydrogen) atoms. The number of ether oxygens (including phenoxy) is 2. The van der Waals surface area contributed by atoms with Crippen molar-refractivity contribution in [1.82, 2.24) is 4.90 Å². The van der Waals surface area contributed by atoms with Crippen LogP contribution in [-0.2, 0) is 11.2 Å². The third-order valence-electron chi connectivity index (χ3n) is 4.43. The molecule has 116 valence electrons. The van der Waals surface area contributed by atoms with Crippen molar-refractivity contribution < 1.29 is 14.3 Å². The minimum absolute atomic E-state index is 0.0490. The van der Waals surface area contributed by atoms with Crippen molar-refractivity contribution in [3.8, 4) is 17.6 Å². The zero-order chi connectivity index (χ0) is 15.5. The summed E-state index contributed by atoms with van der Waals surface area (Å²) in [6.07, 6.45) is 2.46. The number of nitrogens with zero attached hydrogens (tertiary/aromatic N) is 2. The fourth-order valence-electron chi connectivity index (χ4n) is 2.94. The summed E-state index contributed by atoms with van der Waals surface area (Å²) in [5.41, 5.74) is 0.925. The summed E-state index contributed by atoms with van der Waals surface area (Å²) in [5.74, 6) is 1.39. The topological polar surface area (TPSA) is 62.6 Å². The maximum Gasteiger partial charge on any atom is 0.240 e. The Labute approximate surface area is 130 Å². The van der Waals surface area contributed by atoms with Crippen molar-refractivity contribution >= 4 is 5.91 Å². The Balaban J connectivity index is 1.67. The maximum absolute atomic E-state index is 12.5. The van der Waals surface area contributed by atoms with Crippen molar-refractivity contribution in [2.24, 2.45) is 11.8 Å². The Morgan fingerprint density at radius 2 is 2.09 bits per heavy atom. The summed E-state index contributed by atoms with van der Waals surface area (Å²) in [6, 6.07) is 7.75. The highest BCUT2D eigenvalue weighted by atomic mass is 16.7. The molecule has 1 saturated heterocycles. The van der Waals surface area contributed by atoms with E-state index in [-0.39, 0.29) is 12.7 Å². The molecule has 0 aliphatic carbocycles. The molecule has 0 saturated carbocycles. The largest absolute Gasteiger partial charge is 0.454 e. The van der Waals surface area contributed by atoms with E-state index in [1.807, 2.05) is 23.1 Å². The van der Waals surface area contributed by atoms with Gasteiger partial charge in [-0.25, -0.2) is 0 Å². The van der Waals surface area contributed by atoms with E-state index >= 15 is 0 Å². The van der Waals surface area contributed by atoms with Gasteiger partial charge in [-0.05, 0) is 42.9 Å². The number of hydrogen-bond acceptors (Lipinski definition) is 4. The Morgan fingerprint density at radius 3 is 2.82 bits per heavy atom. The molecule has 5 heteroatoms. The smallest absolute Gasteiger partial charge is 0.240 e. The third kappa shape index (κ3) is 3.01. The van der Waals surface area contributed by atoms with Crippen molar-refractivity contribution in [2.75, 3.05) is 19.9 Å². The molecule has 1 atom stereocenters. The van der Waals surface area contributed by atoms with Gasteiger partial charge in [-0.15, -0.1) is 0 Å². The lowest BCUT2D eigenvalue weighted by Gasteiger charge is -2.31. The Kier molecular flexibility index (Phi) is 4.19. The number of fused-ring (bicyclic) bond motifs is 1. The number of amides is 1. The van der Waals surface area contributed by atoms with E-state index in [1.54, 1.807) is 0 Å². The summed E-state index contributed by atoms with van der Waals surface area (Å²) in [4.78, 5) is 14.4. The van der Waals surface area contributed by atoms with Crippen LogP contribution in [0.1, 0.15) is 25.3 Å². The predicted octanol–water partition coefficient (Wildman–Crippen LogP) is 2.36. The fourth-order valence-corrected chi connectivity index (χ4v) is 2.94. The van der Waals surface area contributed by atoms with Crippen LogP contribution >= 0.6 is 0 Å². The highest BCUT2D eigenvalue weighted by Gasteiger charge is 2.27. The predicted molar refractivity (Wildman–Crippen MR) is 80.4 cm³/mol. The van der Waals surface area contributed by atoms with Crippen LogP contribution in [0.5, 0.6) is 11.5 Å². The molecular formula is C17H20N2O3. The van der Waals surface area contributed by atoms with Crippen LogP contribution in [0.4, 0.5) is 0 Å². The summed E-state index contributed by atoms with van der Waals surface area (Å²) in [6.45, 7) is 3.96. The molecular weight excluding hydrogens is 280 g/mol. The molecule has 2 aliphatic rings. The summed E-state index contributed by atoms with van der Waals surface area (Å²) >= 11 is 0. The molecule has 0 spiro atoms. The van der Waals surface area contributed by atoms with Crippen molar-refractivity contribution in [2.45, 2.75) is 26.2 Å². The normalized spacial score (nSPS) is 18.8. The van der Waals surface area contributed by atoms with Gasteiger partial charge in [0.25, 0.3) is 0 Å².